The van der Waals surface area contributed by atoms with Gasteiger partial charge in [0.15, 0.2) is 0 Å². The number of aliphatic hydroxyl groups is 1. The molecule has 3 rings (SSSR count). The van der Waals surface area contributed by atoms with E-state index in [1.807, 2.05) is 49.4 Å². The first-order valence-corrected chi connectivity index (χ1v) is 17.6. The van der Waals surface area contributed by atoms with Crippen LogP contribution in [0.3, 0.4) is 0 Å². The molecule has 254 valence electrons. The van der Waals surface area contributed by atoms with Crippen molar-refractivity contribution in [2.45, 2.75) is 123 Å². The van der Waals surface area contributed by atoms with Gasteiger partial charge in [0.25, 0.3) is 0 Å². The van der Waals surface area contributed by atoms with Crippen molar-refractivity contribution >= 4 is 11.6 Å². The molecule has 1 fully saturated rings. The first-order chi connectivity index (χ1) is 21.9. The minimum absolute atomic E-state index is 0.279. The molecule has 0 aromatic heterocycles. The third-order valence-electron chi connectivity index (χ3n) is 8.13. The molecule has 7 nitrogen and oxygen atoms in total. The standard InChI is InChI=1S/C37H57ClO7/c1-6-11-21-40-27-33-34(42-22-12-7-2)35(43-23-13-8-3)36(44-24-14-9-4)37(39,45-33)30-17-20-32(38)29(26-30)25-28-15-18-31(19-16-28)41-10-5/h15-20,26,33-36,39H,6-14,21-25,27H2,1-5H3/t33-,34-,35-,36-,37?/m1/s1. The minimum atomic E-state index is -1.81. The van der Waals surface area contributed by atoms with E-state index < -0.39 is 30.2 Å². The van der Waals surface area contributed by atoms with Gasteiger partial charge >= 0.3 is 0 Å². The molecule has 1 aliphatic rings. The number of halogens is 1. The van der Waals surface area contributed by atoms with Crippen molar-refractivity contribution in [3.63, 3.8) is 0 Å². The number of hydrogen-bond donors (Lipinski definition) is 1. The van der Waals surface area contributed by atoms with E-state index in [0.717, 1.165) is 68.2 Å². The molecule has 45 heavy (non-hydrogen) atoms. The van der Waals surface area contributed by atoms with Crippen molar-refractivity contribution in [1.82, 2.24) is 0 Å². The molecule has 0 bridgehead atoms. The molecule has 1 saturated heterocycles. The second kappa shape index (κ2) is 20.5. The number of rotatable bonds is 22. The molecule has 8 heteroatoms. The van der Waals surface area contributed by atoms with E-state index in [0.29, 0.717) is 50.0 Å². The molecule has 1 heterocycles. The Balaban J connectivity index is 2.03. The Hall–Kier alpha value is -1.71. The second-order valence-electron chi connectivity index (χ2n) is 11.9. The molecule has 2 aromatic carbocycles. The quantitative estimate of drug-likeness (QED) is 0.129. The maximum atomic E-state index is 12.7. The molecule has 5 atom stereocenters. The summed E-state index contributed by atoms with van der Waals surface area (Å²) in [6, 6.07) is 13.6. The van der Waals surface area contributed by atoms with Gasteiger partial charge < -0.3 is 33.5 Å². The second-order valence-corrected chi connectivity index (χ2v) is 12.3. The van der Waals surface area contributed by atoms with Gasteiger partial charge in [-0.2, -0.15) is 0 Å². The highest BCUT2D eigenvalue weighted by Crippen LogP contribution is 2.42. The average Bonchev–Trinajstić information content (AvgIpc) is 3.04. The van der Waals surface area contributed by atoms with E-state index >= 15 is 0 Å². The van der Waals surface area contributed by atoms with Crippen LogP contribution in [-0.4, -0.2) is 69.2 Å². The molecule has 0 spiro atoms. The summed E-state index contributed by atoms with van der Waals surface area (Å²) in [7, 11) is 0. The Morgan fingerprint density at radius 2 is 1.36 bits per heavy atom. The zero-order valence-corrected chi connectivity index (χ0v) is 29.0. The molecule has 0 aliphatic carbocycles. The summed E-state index contributed by atoms with van der Waals surface area (Å²) in [6.07, 6.45) is 5.78. The summed E-state index contributed by atoms with van der Waals surface area (Å²) in [5.74, 6) is -0.985. The SMILES string of the molecule is CCCCOC[C@H]1OC(O)(c2ccc(Cl)c(Cc3ccc(OCC)cc3)c2)[C@H](OCCCC)[C@H](OCCCC)[C@@H]1OCCCC. The van der Waals surface area contributed by atoms with Gasteiger partial charge in [-0.15, -0.1) is 0 Å². The third-order valence-corrected chi connectivity index (χ3v) is 8.50. The lowest BCUT2D eigenvalue weighted by molar-refractivity contribution is -0.375. The van der Waals surface area contributed by atoms with Crippen LogP contribution in [0.15, 0.2) is 42.5 Å². The fraction of sp³-hybridized carbons (Fsp3) is 0.676. The van der Waals surface area contributed by atoms with Gasteiger partial charge in [0.2, 0.25) is 5.79 Å². The summed E-state index contributed by atoms with van der Waals surface area (Å²) >= 11 is 6.74. The Kier molecular flexibility index (Phi) is 17.2. The lowest BCUT2D eigenvalue weighted by atomic mass is 9.86. The topological polar surface area (TPSA) is 75.6 Å². The highest BCUT2D eigenvalue weighted by Gasteiger charge is 2.57. The van der Waals surface area contributed by atoms with Crippen molar-refractivity contribution in [1.29, 1.82) is 0 Å². The van der Waals surface area contributed by atoms with Gasteiger partial charge in [-0.3, -0.25) is 0 Å². The van der Waals surface area contributed by atoms with Gasteiger partial charge in [-0.1, -0.05) is 83.2 Å². The molecular formula is C37H57ClO7. The zero-order chi connectivity index (χ0) is 32.5. The van der Waals surface area contributed by atoms with Crippen LogP contribution in [0, 0.1) is 0 Å². The summed E-state index contributed by atoms with van der Waals surface area (Å²) in [5, 5.41) is 13.3. The van der Waals surface area contributed by atoms with Gasteiger partial charge in [0.05, 0.1) is 13.2 Å². The molecule has 2 aromatic rings. The Morgan fingerprint density at radius 1 is 0.756 bits per heavy atom. The number of hydrogen-bond acceptors (Lipinski definition) is 7. The molecule has 1 aliphatic heterocycles. The Morgan fingerprint density at radius 3 is 1.98 bits per heavy atom. The van der Waals surface area contributed by atoms with Crippen LogP contribution in [0.4, 0.5) is 0 Å². The van der Waals surface area contributed by atoms with Crippen LogP contribution in [-0.2, 0) is 35.9 Å². The van der Waals surface area contributed by atoms with Crippen LogP contribution in [0.5, 0.6) is 5.75 Å². The smallest absolute Gasteiger partial charge is 0.222 e. The number of benzene rings is 2. The normalized spacial score (nSPS) is 23.4. The van der Waals surface area contributed by atoms with Gasteiger partial charge in [-0.05, 0) is 74.4 Å². The lowest BCUT2D eigenvalue weighted by Crippen LogP contribution is -2.66. The first-order valence-electron chi connectivity index (χ1n) is 17.2. The third kappa shape index (κ3) is 11.2. The van der Waals surface area contributed by atoms with E-state index in [9.17, 15) is 5.11 Å². The van der Waals surface area contributed by atoms with E-state index in [4.69, 9.17) is 40.0 Å². The van der Waals surface area contributed by atoms with Crippen LogP contribution < -0.4 is 4.74 Å². The maximum absolute atomic E-state index is 12.7. The van der Waals surface area contributed by atoms with Crippen molar-refractivity contribution in [3.8, 4) is 5.75 Å². The van der Waals surface area contributed by atoms with Gasteiger partial charge in [-0.25, -0.2) is 0 Å². The Labute approximate surface area is 276 Å². The molecule has 0 radical (unpaired) electrons. The largest absolute Gasteiger partial charge is 0.494 e. The van der Waals surface area contributed by atoms with Crippen molar-refractivity contribution < 1.29 is 33.5 Å². The monoisotopic (exact) mass is 648 g/mol. The molecule has 0 saturated carbocycles. The van der Waals surface area contributed by atoms with Crippen LogP contribution in [0.2, 0.25) is 5.02 Å². The van der Waals surface area contributed by atoms with Crippen LogP contribution in [0.1, 0.15) is 103 Å². The fourth-order valence-corrected chi connectivity index (χ4v) is 5.66. The first kappa shape index (κ1) is 37.7. The van der Waals surface area contributed by atoms with Crippen LogP contribution >= 0.6 is 11.6 Å². The molecule has 1 N–H and O–H groups in total. The van der Waals surface area contributed by atoms with Crippen LogP contribution in [0.25, 0.3) is 0 Å². The molecule has 1 unspecified atom stereocenters. The summed E-state index contributed by atoms with van der Waals surface area (Å²) < 4.78 is 38.0. The van der Waals surface area contributed by atoms with Crippen molar-refractivity contribution in [3.05, 3.63) is 64.2 Å². The highest BCUT2D eigenvalue weighted by atomic mass is 35.5. The Bertz CT molecular complexity index is 1080. The van der Waals surface area contributed by atoms with E-state index in [1.165, 1.54) is 0 Å². The van der Waals surface area contributed by atoms with Gasteiger partial charge in [0, 0.05) is 37.0 Å². The van der Waals surface area contributed by atoms with Gasteiger partial charge in [0.1, 0.15) is 30.2 Å². The number of ether oxygens (including phenoxy) is 6. The minimum Gasteiger partial charge on any atom is -0.494 e. The van der Waals surface area contributed by atoms with E-state index in [1.54, 1.807) is 0 Å². The summed E-state index contributed by atoms with van der Waals surface area (Å²) in [6.45, 7) is 13.6. The molecular weight excluding hydrogens is 592 g/mol. The summed E-state index contributed by atoms with van der Waals surface area (Å²) in [4.78, 5) is 0. The van der Waals surface area contributed by atoms with E-state index in [-0.39, 0.29) is 6.61 Å². The highest BCUT2D eigenvalue weighted by molar-refractivity contribution is 6.31. The summed E-state index contributed by atoms with van der Waals surface area (Å²) in [5.41, 5.74) is 2.53. The van der Waals surface area contributed by atoms with Crippen molar-refractivity contribution in [2.75, 3.05) is 39.6 Å². The van der Waals surface area contributed by atoms with Crippen molar-refractivity contribution in [2.24, 2.45) is 0 Å². The lowest BCUT2D eigenvalue weighted by Gasteiger charge is -2.50. The predicted octanol–water partition coefficient (Wildman–Crippen LogP) is 8.25. The maximum Gasteiger partial charge on any atom is 0.222 e. The predicted molar refractivity (Wildman–Crippen MR) is 180 cm³/mol. The number of unbranched alkanes of at least 4 members (excludes halogenated alkanes) is 4. The average molecular weight is 649 g/mol. The van der Waals surface area contributed by atoms with E-state index in [2.05, 4.69) is 27.7 Å². The fourth-order valence-electron chi connectivity index (χ4n) is 5.48. The molecule has 0 amide bonds. The zero-order valence-electron chi connectivity index (χ0n) is 28.2.